The first kappa shape index (κ1) is 21.7. The van der Waals surface area contributed by atoms with Gasteiger partial charge in [0.05, 0.1) is 24.5 Å². The smallest absolute Gasteiger partial charge is 0.191 e. The monoisotopic (exact) mass is 483 g/mol. The molecule has 0 amide bonds. The SMILES string of the molecule is CN=C(NCc1ncccc1C)NCC(c1ccco1)N1CCCCC1.I. The largest absolute Gasteiger partial charge is 0.468 e. The third-order valence-corrected chi connectivity index (χ3v) is 4.93. The summed E-state index contributed by atoms with van der Waals surface area (Å²) in [6, 6.07) is 8.28. The normalized spacial score (nSPS) is 16.4. The fourth-order valence-electron chi connectivity index (χ4n) is 3.41. The molecule has 0 aromatic carbocycles. The summed E-state index contributed by atoms with van der Waals surface area (Å²) in [5.41, 5.74) is 2.21. The number of nitrogens with one attached hydrogen (secondary N) is 2. The zero-order chi connectivity index (χ0) is 18.2. The number of rotatable bonds is 6. The highest BCUT2D eigenvalue weighted by Gasteiger charge is 2.24. The van der Waals surface area contributed by atoms with Crippen molar-refractivity contribution in [2.45, 2.75) is 38.8 Å². The molecule has 1 fully saturated rings. The van der Waals surface area contributed by atoms with E-state index in [0.29, 0.717) is 6.54 Å². The van der Waals surface area contributed by atoms with Gasteiger partial charge in [0.25, 0.3) is 0 Å². The topological polar surface area (TPSA) is 65.7 Å². The number of aliphatic imine (C=N–C) groups is 1. The van der Waals surface area contributed by atoms with E-state index in [4.69, 9.17) is 4.42 Å². The lowest BCUT2D eigenvalue weighted by Gasteiger charge is -2.33. The van der Waals surface area contributed by atoms with E-state index in [-0.39, 0.29) is 30.0 Å². The molecule has 0 saturated carbocycles. The number of nitrogens with zero attached hydrogens (tertiary/aromatic N) is 3. The highest BCUT2D eigenvalue weighted by Crippen LogP contribution is 2.24. The Bertz CT molecular complexity index is 698. The number of likely N-dealkylation sites (tertiary alicyclic amines) is 1. The molecular formula is C20H30IN5O. The number of hydrogen-bond donors (Lipinski definition) is 2. The minimum absolute atomic E-state index is 0. The number of hydrogen-bond acceptors (Lipinski definition) is 4. The maximum Gasteiger partial charge on any atom is 0.191 e. The fraction of sp³-hybridized carbons (Fsp3) is 0.500. The Hall–Kier alpha value is -1.61. The molecule has 1 saturated heterocycles. The van der Waals surface area contributed by atoms with Gasteiger partial charge < -0.3 is 15.1 Å². The Morgan fingerprint density at radius 2 is 2.04 bits per heavy atom. The zero-order valence-corrected chi connectivity index (χ0v) is 18.5. The van der Waals surface area contributed by atoms with Crippen LogP contribution in [-0.4, -0.2) is 42.5 Å². The van der Waals surface area contributed by atoms with E-state index in [0.717, 1.165) is 37.0 Å². The van der Waals surface area contributed by atoms with Crippen LogP contribution < -0.4 is 10.6 Å². The molecule has 2 aromatic rings. The quantitative estimate of drug-likeness (QED) is 0.374. The van der Waals surface area contributed by atoms with Gasteiger partial charge in [-0.05, 0) is 56.6 Å². The average Bonchev–Trinajstić information content (AvgIpc) is 3.21. The lowest BCUT2D eigenvalue weighted by molar-refractivity contribution is 0.146. The molecule has 1 atom stereocenters. The summed E-state index contributed by atoms with van der Waals surface area (Å²) in [5, 5.41) is 6.81. The van der Waals surface area contributed by atoms with Crippen molar-refractivity contribution < 1.29 is 4.42 Å². The van der Waals surface area contributed by atoms with Crippen molar-refractivity contribution in [1.29, 1.82) is 0 Å². The van der Waals surface area contributed by atoms with Gasteiger partial charge in [0.15, 0.2) is 5.96 Å². The molecule has 2 N–H and O–H groups in total. The molecule has 1 aliphatic rings. The number of aryl methyl sites for hydroxylation is 1. The van der Waals surface area contributed by atoms with E-state index >= 15 is 0 Å². The summed E-state index contributed by atoms with van der Waals surface area (Å²) in [6.45, 7) is 5.72. The molecule has 6 nitrogen and oxygen atoms in total. The summed E-state index contributed by atoms with van der Waals surface area (Å²) in [5.74, 6) is 1.79. The highest BCUT2D eigenvalue weighted by atomic mass is 127. The molecule has 0 aliphatic carbocycles. The van der Waals surface area contributed by atoms with E-state index < -0.39 is 0 Å². The van der Waals surface area contributed by atoms with Crippen molar-refractivity contribution in [1.82, 2.24) is 20.5 Å². The Kier molecular flexibility index (Phi) is 9.06. The lowest BCUT2D eigenvalue weighted by Crippen LogP contribution is -2.44. The van der Waals surface area contributed by atoms with Gasteiger partial charge in [0, 0.05) is 19.8 Å². The number of aromatic nitrogens is 1. The number of guanidine groups is 1. The van der Waals surface area contributed by atoms with Crippen molar-refractivity contribution in [2.75, 3.05) is 26.7 Å². The van der Waals surface area contributed by atoms with Crippen molar-refractivity contribution in [3.8, 4) is 0 Å². The number of furan rings is 1. The van der Waals surface area contributed by atoms with Crippen LogP contribution in [0.4, 0.5) is 0 Å². The predicted octanol–water partition coefficient (Wildman–Crippen LogP) is 3.49. The van der Waals surface area contributed by atoms with Crippen LogP contribution in [-0.2, 0) is 6.54 Å². The van der Waals surface area contributed by atoms with E-state index in [1.807, 2.05) is 18.3 Å². The van der Waals surface area contributed by atoms with Gasteiger partial charge in [-0.3, -0.25) is 14.9 Å². The summed E-state index contributed by atoms with van der Waals surface area (Å²) in [7, 11) is 1.80. The van der Waals surface area contributed by atoms with Crippen molar-refractivity contribution in [2.24, 2.45) is 4.99 Å². The van der Waals surface area contributed by atoms with Crippen molar-refractivity contribution in [3.05, 3.63) is 53.7 Å². The molecule has 2 aromatic heterocycles. The minimum atomic E-state index is 0. The van der Waals surface area contributed by atoms with Gasteiger partial charge in [0.2, 0.25) is 0 Å². The summed E-state index contributed by atoms with van der Waals surface area (Å²) in [4.78, 5) is 11.3. The molecule has 27 heavy (non-hydrogen) atoms. The van der Waals surface area contributed by atoms with E-state index in [1.54, 1.807) is 13.3 Å². The van der Waals surface area contributed by atoms with E-state index in [2.05, 4.69) is 44.6 Å². The second-order valence-corrected chi connectivity index (χ2v) is 6.70. The van der Waals surface area contributed by atoms with Crippen LogP contribution in [0.3, 0.4) is 0 Å². The standard InChI is InChI=1S/C20H29N5O.HI/c1-16-8-6-10-22-17(16)14-23-20(21-2)24-15-18(19-9-7-13-26-19)25-11-4-3-5-12-25;/h6-10,13,18H,3-5,11-12,14-15H2,1-2H3,(H2,21,23,24);1H. The van der Waals surface area contributed by atoms with E-state index in [9.17, 15) is 0 Å². The van der Waals surface area contributed by atoms with Gasteiger partial charge in [0.1, 0.15) is 5.76 Å². The minimum Gasteiger partial charge on any atom is -0.468 e. The van der Waals surface area contributed by atoms with Gasteiger partial charge >= 0.3 is 0 Å². The highest BCUT2D eigenvalue weighted by molar-refractivity contribution is 14.0. The van der Waals surface area contributed by atoms with Crippen LogP contribution in [0, 0.1) is 6.92 Å². The van der Waals surface area contributed by atoms with Crippen LogP contribution in [0.5, 0.6) is 0 Å². The molecule has 0 spiro atoms. The second kappa shape index (κ2) is 11.3. The first-order valence-corrected chi connectivity index (χ1v) is 9.40. The molecular weight excluding hydrogens is 453 g/mol. The lowest BCUT2D eigenvalue weighted by atomic mass is 10.1. The van der Waals surface area contributed by atoms with E-state index in [1.165, 1.54) is 24.8 Å². The molecule has 148 valence electrons. The first-order chi connectivity index (χ1) is 12.8. The number of halogens is 1. The van der Waals surface area contributed by atoms with Crippen molar-refractivity contribution in [3.63, 3.8) is 0 Å². The molecule has 3 heterocycles. The zero-order valence-electron chi connectivity index (χ0n) is 16.1. The van der Waals surface area contributed by atoms with Crippen molar-refractivity contribution >= 4 is 29.9 Å². The molecule has 1 aliphatic heterocycles. The maximum absolute atomic E-state index is 5.71. The first-order valence-electron chi connectivity index (χ1n) is 9.40. The van der Waals surface area contributed by atoms with Gasteiger partial charge in [-0.25, -0.2) is 0 Å². The second-order valence-electron chi connectivity index (χ2n) is 6.70. The molecule has 1 unspecified atom stereocenters. The Morgan fingerprint density at radius 1 is 1.22 bits per heavy atom. The van der Waals surface area contributed by atoms with Crippen LogP contribution in [0.25, 0.3) is 0 Å². The summed E-state index contributed by atoms with van der Waals surface area (Å²) >= 11 is 0. The number of pyridine rings is 1. The molecule has 0 radical (unpaired) electrons. The fourth-order valence-corrected chi connectivity index (χ4v) is 3.41. The van der Waals surface area contributed by atoms with Crippen LogP contribution in [0.15, 0.2) is 46.1 Å². The van der Waals surface area contributed by atoms with Crippen LogP contribution in [0.1, 0.15) is 42.3 Å². The summed E-state index contributed by atoms with van der Waals surface area (Å²) in [6.07, 6.45) is 7.40. The van der Waals surface area contributed by atoms with Crippen LogP contribution in [0.2, 0.25) is 0 Å². The van der Waals surface area contributed by atoms with Gasteiger partial charge in [-0.2, -0.15) is 0 Å². The van der Waals surface area contributed by atoms with Gasteiger partial charge in [-0.15, -0.1) is 24.0 Å². The van der Waals surface area contributed by atoms with Crippen LogP contribution >= 0.6 is 24.0 Å². The summed E-state index contributed by atoms with van der Waals surface area (Å²) < 4.78 is 5.71. The predicted molar refractivity (Wildman–Crippen MR) is 119 cm³/mol. The Morgan fingerprint density at radius 3 is 2.70 bits per heavy atom. The van der Waals surface area contributed by atoms with Gasteiger partial charge in [-0.1, -0.05) is 12.5 Å². The molecule has 3 rings (SSSR count). The maximum atomic E-state index is 5.71. The number of piperidine rings is 1. The average molecular weight is 483 g/mol. The molecule has 7 heteroatoms. The Labute approximate surface area is 178 Å². The molecule has 0 bridgehead atoms. The Balaban J connectivity index is 0.00000261. The third-order valence-electron chi connectivity index (χ3n) is 4.93. The third kappa shape index (κ3) is 6.21.